The van der Waals surface area contributed by atoms with Crippen LogP contribution in [0.3, 0.4) is 0 Å². The molecule has 1 atom stereocenters. The summed E-state index contributed by atoms with van der Waals surface area (Å²) < 4.78 is 20.0. The number of aryl methyl sites for hydroxylation is 1. The van der Waals surface area contributed by atoms with Gasteiger partial charge in [0.05, 0.1) is 6.54 Å². The van der Waals surface area contributed by atoms with Gasteiger partial charge in [0.2, 0.25) is 0 Å². The van der Waals surface area contributed by atoms with Crippen LogP contribution in [-0.2, 0) is 6.42 Å². The number of fused-ring (bicyclic) bond motifs is 1. The lowest BCUT2D eigenvalue weighted by Gasteiger charge is -2.13. The van der Waals surface area contributed by atoms with Crippen LogP contribution >= 0.6 is 15.9 Å². The molecule has 20 heavy (non-hydrogen) atoms. The molecule has 2 aromatic rings. The van der Waals surface area contributed by atoms with E-state index < -0.39 is 0 Å². The molecule has 0 saturated carbocycles. The van der Waals surface area contributed by atoms with Gasteiger partial charge in [-0.1, -0.05) is 15.9 Å². The molecule has 2 nitrogen and oxygen atoms in total. The van der Waals surface area contributed by atoms with Crippen molar-refractivity contribution >= 4 is 21.6 Å². The van der Waals surface area contributed by atoms with E-state index in [2.05, 4.69) is 34.2 Å². The van der Waals surface area contributed by atoms with E-state index in [0.717, 1.165) is 27.9 Å². The molecular formula is C16H15BrFNO. The standard InChI is InChI=1S/C16H15BrFNO/c1-10-6-13(3-4-15(10)17)19-9-14-8-11-7-12(18)2-5-16(11)20-14/h2-7,14,19H,8-9H2,1H3. The van der Waals surface area contributed by atoms with E-state index in [1.807, 2.05) is 12.1 Å². The van der Waals surface area contributed by atoms with Gasteiger partial charge >= 0.3 is 0 Å². The third kappa shape index (κ3) is 2.80. The van der Waals surface area contributed by atoms with Crippen LogP contribution in [0.1, 0.15) is 11.1 Å². The maximum Gasteiger partial charge on any atom is 0.123 e. The van der Waals surface area contributed by atoms with Crippen LogP contribution in [0.2, 0.25) is 0 Å². The van der Waals surface area contributed by atoms with Crippen molar-refractivity contribution in [2.24, 2.45) is 0 Å². The Morgan fingerprint density at radius 3 is 2.95 bits per heavy atom. The third-order valence-corrected chi connectivity index (χ3v) is 4.35. The Hall–Kier alpha value is -1.55. The number of benzene rings is 2. The van der Waals surface area contributed by atoms with E-state index in [4.69, 9.17) is 4.74 Å². The number of ether oxygens (including phenoxy) is 1. The van der Waals surface area contributed by atoms with Crippen molar-refractivity contribution in [1.82, 2.24) is 0 Å². The highest BCUT2D eigenvalue weighted by molar-refractivity contribution is 9.10. The van der Waals surface area contributed by atoms with Gasteiger partial charge in [-0.15, -0.1) is 0 Å². The lowest BCUT2D eigenvalue weighted by molar-refractivity contribution is 0.246. The van der Waals surface area contributed by atoms with Crippen molar-refractivity contribution in [3.05, 3.63) is 57.8 Å². The zero-order chi connectivity index (χ0) is 14.1. The normalized spacial score (nSPS) is 16.6. The highest BCUT2D eigenvalue weighted by Gasteiger charge is 2.22. The quantitative estimate of drug-likeness (QED) is 0.902. The minimum atomic E-state index is -0.204. The van der Waals surface area contributed by atoms with Crippen molar-refractivity contribution in [3.63, 3.8) is 0 Å². The maximum absolute atomic E-state index is 13.1. The fourth-order valence-electron chi connectivity index (χ4n) is 2.39. The number of halogens is 2. The molecule has 0 radical (unpaired) electrons. The molecule has 0 bridgehead atoms. The zero-order valence-corrected chi connectivity index (χ0v) is 12.7. The van der Waals surface area contributed by atoms with Crippen LogP contribution in [0.4, 0.5) is 10.1 Å². The molecule has 1 aliphatic rings. The average molecular weight is 336 g/mol. The molecule has 1 heterocycles. The Bertz CT molecular complexity index is 644. The Balaban J connectivity index is 1.62. The molecule has 1 N–H and O–H groups in total. The predicted octanol–water partition coefficient (Wildman–Crippen LogP) is 4.31. The summed E-state index contributed by atoms with van der Waals surface area (Å²) in [7, 11) is 0. The number of hydrogen-bond acceptors (Lipinski definition) is 2. The molecule has 0 spiro atoms. The zero-order valence-electron chi connectivity index (χ0n) is 11.1. The van der Waals surface area contributed by atoms with Gasteiger partial charge in [0.25, 0.3) is 0 Å². The molecule has 0 aliphatic carbocycles. The van der Waals surface area contributed by atoms with Gasteiger partial charge in [0, 0.05) is 22.1 Å². The van der Waals surface area contributed by atoms with Crippen molar-refractivity contribution in [2.75, 3.05) is 11.9 Å². The minimum absolute atomic E-state index is 0.0516. The molecular weight excluding hydrogens is 321 g/mol. The van der Waals surface area contributed by atoms with Gasteiger partial charge in [-0.25, -0.2) is 4.39 Å². The van der Waals surface area contributed by atoms with E-state index in [0.29, 0.717) is 6.54 Å². The van der Waals surface area contributed by atoms with Crippen molar-refractivity contribution < 1.29 is 9.13 Å². The van der Waals surface area contributed by atoms with Crippen molar-refractivity contribution in [2.45, 2.75) is 19.4 Å². The fraction of sp³-hybridized carbons (Fsp3) is 0.250. The summed E-state index contributed by atoms with van der Waals surface area (Å²) in [5, 5.41) is 3.36. The van der Waals surface area contributed by atoms with Crippen LogP contribution in [0, 0.1) is 12.7 Å². The summed E-state index contributed by atoms with van der Waals surface area (Å²) in [6.45, 7) is 2.76. The van der Waals surface area contributed by atoms with E-state index in [9.17, 15) is 4.39 Å². The van der Waals surface area contributed by atoms with Crippen LogP contribution in [0.25, 0.3) is 0 Å². The topological polar surface area (TPSA) is 21.3 Å². The van der Waals surface area contributed by atoms with E-state index in [1.165, 1.54) is 11.6 Å². The van der Waals surface area contributed by atoms with Gasteiger partial charge in [-0.3, -0.25) is 0 Å². The molecule has 2 aromatic carbocycles. The highest BCUT2D eigenvalue weighted by Crippen LogP contribution is 2.29. The van der Waals surface area contributed by atoms with Crippen molar-refractivity contribution in [3.8, 4) is 5.75 Å². The Morgan fingerprint density at radius 1 is 1.30 bits per heavy atom. The van der Waals surface area contributed by atoms with E-state index in [-0.39, 0.29) is 11.9 Å². The Morgan fingerprint density at radius 2 is 2.15 bits per heavy atom. The largest absolute Gasteiger partial charge is 0.488 e. The monoisotopic (exact) mass is 335 g/mol. The Labute approximate surface area is 126 Å². The lowest BCUT2D eigenvalue weighted by atomic mass is 10.1. The van der Waals surface area contributed by atoms with E-state index >= 15 is 0 Å². The first-order chi connectivity index (χ1) is 9.61. The highest BCUT2D eigenvalue weighted by atomic mass is 79.9. The smallest absolute Gasteiger partial charge is 0.123 e. The van der Waals surface area contributed by atoms with E-state index in [1.54, 1.807) is 12.1 Å². The second-order valence-corrected chi connectivity index (χ2v) is 5.90. The molecule has 0 saturated heterocycles. The van der Waals surface area contributed by atoms with Gasteiger partial charge < -0.3 is 10.1 Å². The molecule has 0 amide bonds. The lowest BCUT2D eigenvalue weighted by Crippen LogP contribution is -2.23. The van der Waals surface area contributed by atoms with Gasteiger partial charge in [0.1, 0.15) is 17.7 Å². The Kier molecular flexibility index (Phi) is 3.66. The molecule has 0 fully saturated rings. The van der Waals surface area contributed by atoms with Crippen LogP contribution in [0.5, 0.6) is 5.75 Å². The number of rotatable bonds is 3. The van der Waals surface area contributed by atoms with Gasteiger partial charge in [0.15, 0.2) is 0 Å². The van der Waals surface area contributed by atoms with Gasteiger partial charge in [-0.2, -0.15) is 0 Å². The molecule has 4 heteroatoms. The van der Waals surface area contributed by atoms with Crippen LogP contribution in [-0.4, -0.2) is 12.6 Å². The predicted molar refractivity (Wildman–Crippen MR) is 81.9 cm³/mol. The fourth-order valence-corrected chi connectivity index (χ4v) is 2.64. The SMILES string of the molecule is Cc1cc(NCC2Cc3cc(F)ccc3O2)ccc1Br. The summed E-state index contributed by atoms with van der Waals surface area (Å²) in [6.07, 6.45) is 0.797. The minimum Gasteiger partial charge on any atom is -0.488 e. The van der Waals surface area contributed by atoms with Crippen LogP contribution < -0.4 is 10.1 Å². The third-order valence-electron chi connectivity index (χ3n) is 3.46. The number of nitrogens with one attached hydrogen (secondary N) is 1. The number of anilines is 1. The first kappa shape index (κ1) is 13.4. The summed E-state index contributed by atoms with van der Waals surface area (Å²) in [5.41, 5.74) is 3.20. The summed E-state index contributed by atoms with van der Waals surface area (Å²) >= 11 is 3.48. The average Bonchev–Trinajstić information content (AvgIpc) is 2.82. The summed E-state index contributed by atoms with van der Waals surface area (Å²) in [5.74, 6) is 0.592. The van der Waals surface area contributed by atoms with Crippen molar-refractivity contribution in [1.29, 1.82) is 0 Å². The molecule has 1 aliphatic heterocycles. The van der Waals surface area contributed by atoms with Crippen LogP contribution in [0.15, 0.2) is 40.9 Å². The summed E-state index contributed by atoms with van der Waals surface area (Å²) in [6, 6.07) is 10.8. The molecule has 104 valence electrons. The molecule has 0 aromatic heterocycles. The maximum atomic E-state index is 13.1. The first-order valence-corrected chi connectivity index (χ1v) is 7.36. The molecule has 3 rings (SSSR count). The summed E-state index contributed by atoms with van der Waals surface area (Å²) in [4.78, 5) is 0. The van der Waals surface area contributed by atoms with Gasteiger partial charge in [-0.05, 0) is 48.9 Å². The second-order valence-electron chi connectivity index (χ2n) is 5.04. The number of hydrogen-bond donors (Lipinski definition) is 1. The second kappa shape index (κ2) is 5.44. The molecule has 1 unspecified atom stereocenters. The first-order valence-electron chi connectivity index (χ1n) is 6.57.